The molecular formula is C22H30N8. The third-order valence-corrected chi connectivity index (χ3v) is 5.92. The average Bonchev–Trinajstić information content (AvgIpc) is 3.13. The summed E-state index contributed by atoms with van der Waals surface area (Å²) in [5.41, 5.74) is 3.45. The van der Waals surface area contributed by atoms with Crippen molar-refractivity contribution < 1.29 is 0 Å². The Morgan fingerprint density at radius 1 is 1.13 bits per heavy atom. The number of hydrogen-bond acceptors (Lipinski definition) is 7. The third-order valence-electron chi connectivity index (χ3n) is 5.92. The van der Waals surface area contributed by atoms with Crippen LogP contribution in [0.5, 0.6) is 0 Å². The van der Waals surface area contributed by atoms with Crippen LogP contribution in [0.25, 0.3) is 11.0 Å². The Morgan fingerprint density at radius 2 is 2.00 bits per heavy atom. The first-order valence-electron chi connectivity index (χ1n) is 10.9. The van der Waals surface area contributed by atoms with Gasteiger partial charge in [0, 0.05) is 62.6 Å². The van der Waals surface area contributed by atoms with Gasteiger partial charge in [-0.15, -0.1) is 0 Å². The molecule has 2 aliphatic rings. The summed E-state index contributed by atoms with van der Waals surface area (Å²) in [5.74, 6) is 1.99. The molecule has 0 saturated carbocycles. The highest BCUT2D eigenvalue weighted by molar-refractivity contribution is 5.78. The Hall–Kier alpha value is -2.71. The Kier molecular flexibility index (Phi) is 5.26. The van der Waals surface area contributed by atoms with E-state index in [1.54, 1.807) is 0 Å². The predicted molar refractivity (Wildman–Crippen MR) is 120 cm³/mol. The summed E-state index contributed by atoms with van der Waals surface area (Å²) in [6.07, 6.45) is 4.97. The highest BCUT2D eigenvalue weighted by Gasteiger charge is 2.24. The van der Waals surface area contributed by atoms with Crippen LogP contribution in [0.3, 0.4) is 0 Å². The second kappa shape index (κ2) is 8.20. The van der Waals surface area contributed by atoms with E-state index in [0.717, 1.165) is 68.2 Å². The van der Waals surface area contributed by atoms with E-state index in [0.29, 0.717) is 17.9 Å². The van der Waals surface area contributed by atoms with Gasteiger partial charge >= 0.3 is 0 Å². The van der Waals surface area contributed by atoms with Crippen LogP contribution in [-0.2, 0) is 6.54 Å². The van der Waals surface area contributed by atoms with Crippen molar-refractivity contribution in [2.45, 2.75) is 32.9 Å². The number of hydrogen-bond donors (Lipinski definition) is 3. The number of nitrogens with one attached hydrogen (secondary N) is 3. The van der Waals surface area contributed by atoms with Gasteiger partial charge in [-0.2, -0.15) is 4.98 Å². The smallest absolute Gasteiger partial charge is 0.230 e. The number of rotatable bonds is 5. The molecule has 3 aromatic heterocycles. The van der Waals surface area contributed by atoms with Gasteiger partial charge < -0.3 is 25.4 Å². The summed E-state index contributed by atoms with van der Waals surface area (Å²) in [5, 5.41) is 11.3. The molecule has 5 heterocycles. The summed E-state index contributed by atoms with van der Waals surface area (Å²) in [6.45, 7) is 10.5. The van der Waals surface area contributed by atoms with E-state index in [4.69, 9.17) is 4.98 Å². The van der Waals surface area contributed by atoms with Crippen LogP contribution < -0.4 is 20.9 Å². The third kappa shape index (κ3) is 3.85. The maximum absolute atomic E-state index is 4.87. The first-order valence-corrected chi connectivity index (χ1v) is 10.9. The lowest BCUT2D eigenvalue weighted by Crippen LogP contribution is -2.43. The van der Waals surface area contributed by atoms with E-state index in [9.17, 15) is 0 Å². The summed E-state index contributed by atoms with van der Waals surface area (Å²) in [7, 11) is 0. The lowest BCUT2D eigenvalue weighted by molar-refractivity contribution is 0.348. The molecule has 0 amide bonds. The zero-order valence-electron chi connectivity index (χ0n) is 17.7. The number of nitrogens with zero attached hydrogens (tertiary/aromatic N) is 5. The van der Waals surface area contributed by atoms with Gasteiger partial charge in [-0.3, -0.25) is 0 Å². The summed E-state index contributed by atoms with van der Waals surface area (Å²) in [6, 6.07) is 6.75. The molecule has 2 aliphatic heterocycles. The lowest BCUT2D eigenvalue weighted by Gasteiger charge is -2.29. The molecule has 158 valence electrons. The van der Waals surface area contributed by atoms with Crippen LogP contribution in [0.4, 0.5) is 17.5 Å². The molecule has 3 aromatic rings. The topological polar surface area (TPSA) is 82.9 Å². The van der Waals surface area contributed by atoms with E-state index in [1.807, 2.05) is 18.5 Å². The number of piperazine rings is 1. The van der Waals surface area contributed by atoms with Crippen molar-refractivity contribution in [3.63, 3.8) is 0 Å². The molecule has 8 heteroatoms. The second-order valence-electron chi connectivity index (χ2n) is 8.66. The molecule has 5 rings (SSSR count). The monoisotopic (exact) mass is 406 g/mol. The molecule has 0 bridgehead atoms. The Labute approximate surface area is 177 Å². The van der Waals surface area contributed by atoms with Crippen LogP contribution in [0.1, 0.15) is 32.0 Å². The molecule has 0 spiro atoms. The van der Waals surface area contributed by atoms with Crippen molar-refractivity contribution in [3.05, 3.63) is 36.3 Å². The largest absolute Gasteiger partial charge is 0.368 e. The molecular weight excluding hydrogens is 376 g/mol. The number of aromatic nitrogens is 4. The second-order valence-corrected chi connectivity index (χ2v) is 8.66. The fourth-order valence-electron chi connectivity index (χ4n) is 4.54. The van der Waals surface area contributed by atoms with E-state index in [-0.39, 0.29) is 0 Å². The Balaban J connectivity index is 1.38. The number of anilines is 3. The zero-order chi connectivity index (χ0) is 20.5. The standard InChI is InChI=1S/C22H30N8/c1-15(2)9-18-12-24-13-19-10-16-11-26-22(28-21(16)30(18)19)27-20-4-3-17(14-25-20)29-7-5-23-6-8-29/h3-4,10-11,14-15,18,23-24H,5-9,12-13H2,1-2H3,(H,25,26,27,28)/t18-/m0/s1. The molecule has 1 saturated heterocycles. The Morgan fingerprint density at radius 3 is 2.77 bits per heavy atom. The quantitative estimate of drug-likeness (QED) is 0.601. The maximum atomic E-state index is 4.87. The van der Waals surface area contributed by atoms with Crippen LogP contribution >= 0.6 is 0 Å². The van der Waals surface area contributed by atoms with Gasteiger partial charge in [0.25, 0.3) is 0 Å². The van der Waals surface area contributed by atoms with Crippen LogP contribution in [0.15, 0.2) is 30.6 Å². The summed E-state index contributed by atoms with van der Waals surface area (Å²) >= 11 is 0. The van der Waals surface area contributed by atoms with Crippen molar-refractivity contribution >= 4 is 28.5 Å². The molecule has 30 heavy (non-hydrogen) atoms. The molecule has 1 atom stereocenters. The van der Waals surface area contributed by atoms with E-state index in [1.165, 1.54) is 5.69 Å². The van der Waals surface area contributed by atoms with Crippen LogP contribution in [-0.4, -0.2) is 52.2 Å². The first-order chi connectivity index (χ1) is 14.7. The molecule has 3 N–H and O–H groups in total. The van der Waals surface area contributed by atoms with E-state index >= 15 is 0 Å². The molecule has 0 radical (unpaired) electrons. The minimum atomic E-state index is 0.422. The molecule has 1 fully saturated rings. The maximum Gasteiger partial charge on any atom is 0.230 e. The average molecular weight is 407 g/mol. The zero-order valence-corrected chi connectivity index (χ0v) is 17.7. The number of fused-ring (bicyclic) bond motifs is 3. The fraction of sp³-hybridized carbons (Fsp3) is 0.500. The van der Waals surface area contributed by atoms with Gasteiger partial charge in [0.15, 0.2) is 0 Å². The van der Waals surface area contributed by atoms with E-state index < -0.39 is 0 Å². The van der Waals surface area contributed by atoms with Gasteiger partial charge in [-0.05, 0) is 30.5 Å². The summed E-state index contributed by atoms with van der Waals surface area (Å²) < 4.78 is 2.40. The summed E-state index contributed by atoms with van der Waals surface area (Å²) in [4.78, 5) is 16.3. The van der Waals surface area contributed by atoms with Gasteiger partial charge in [0.05, 0.1) is 11.9 Å². The van der Waals surface area contributed by atoms with Gasteiger partial charge in [0.2, 0.25) is 5.95 Å². The Bertz CT molecular complexity index is 1000. The van der Waals surface area contributed by atoms with E-state index in [2.05, 4.69) is 61.4 Å². The highest BCUT2D eigenvalue weighted by atomic mass is 15.2. The minimum absolute atomic E-state index is 0.422. The first kappa shape index (κ1) is 19.3. The molecule has 0 aromatic carbocycles. The SMILES string of the molecule is CC(C)C[C@H]1CNCc2cc3cnc(Nc4ccc(N5CCNCC5)cn4)nc3n21. The van der Waals surface area contributed by atoms with Crippen LogP contribution in [0.2, 0.25) is 0 Å². The lowest BCUT2D eigenvalue weighted by atomic mass is 10.0. The minimum Gasteiger partial charge on any atom is -0.368 e. The predicted octanol–water partition coefficient (Wildman–Crippen LogP) is 2.67. The highest BCUT2D eigenvalue weighted by Crippen LogP contribution is 2.29. The fourth-order valence-corrected chi connectivity index (χ4v) is 4.54. The van der Waals surface area contributed by atoms with Gasteiger partial charge in [-0.1, -0.05) is 13.8 Å². The van der Waals surface area contributed by atoms with Gasteiger partial charge in [0.1, 0.15) is 11.5 Å². The normalized spacial score (nSPS) is 19.3. The van der Waals surface area contributed by atoms with Crippen molar-refractivity contribution in [2.24, 2.45) is 5.92 Å². The van der Waals surface area contributed by atoms with Crippen molar-refractivity contribution in [3.8, 4) is 0 Å². The van der Waals surface area contributed by atoms with Gasteiger partial charge in [-0.25, -0.2) is 9.97 Å². The van der Waals surface area contributed by atoms with Crippen molar-refractivity contribution in [1.82, 2.24) is 30.2 Å². The number of pyridine rings is 1. The molecule has 8 nitrogen and oxygen atoms in total. The van der Waals surface area contributed by atoms with Crippen molar-refractivity contribution in [1.29, 1.82) is 0 Å². The molecule has 0 aliphatic carbocycles. The van der Waals surface area contributed by atoms with Crippen molar-refractivity contribution in [2.75, 3.05) is 42.9 Å². The van der Waals surface area contributed by atoms with Crippen LogP contribution in [0, 0.1) is 5.92 Å². The molecule has 0 unspecified atom stereocenters.